The second-order valence-electron chi connectivity index (χ2n) is 6.89. The van der Waals surface area contributed by atoms with Gasteiger partial charge in [-0.2, -0.15) is 0 Å². The van der Waals surface area contributed by atoms with Gasteiger partial charge in [-0.15, -0.1) is 0 Å². The van der Waals surface area contributed by atoms with E-state index >= 15 is 0 Å². The number of likely N-dealkylation sites (tertiary alicyclic amines) is 1. The molecule has 5 heteroatoms. The number of rotatable bonds is 3. The van der Waals surface area contributed by atoms with Crippen LogP contribution in [-0.4, -0.2) is 28.2 Å². The lowest BCUT2D eigenvalue weighted by Crippen LogP contribution is -2.38. The van der Waals surface area contributed by atoms with Gasteiger partial charge in [0.15, 0.2) is 5.11 Å². The molecular weight excluding hydrogens is 330 g/mol. The number of aryl methyl sites for hydroxylation is 1. The third kappa shape index (κ3) is 4.15. The molecule has 134 valence electrons. The topological polar surface area (TPSA) is 29.4 Å². The van der Waals surface area contributed by atoms with Gasteiger partial charge >= 0.3 is 0 Å². The Morgan fingerprint density at radius 2 is 2.04 bits per heavy atom. The fourth-order valence-corrected chi connectivity index (χ4v) is 3.86. The van der Waals surface area contributed by atoms with Crippen molar-refractivity contribution in [3.8, 4) is 5.75 Å². The molecule has 1 aromatic carbocycles. The van der Waals surface area contributed by atoms with E-state index in [-0.39, 0.29) is 0 Å². The van der Waals surface area contributed by atoms with E-state index < -0.39 is 0 Å². The first kappa shape index (κ1) is 17.8. The van der Waals surface area contributed by atoms with Crippen molar-refractivity contribution in [2.24, 2.45) is 13.0 Å². The van der Waals surface area contributed by atoms with Gasteiger partial charge in [-0.05, 0) is 61.7 Å². The summed E-state index contributed by atoms with van der Waals surface area (Å²) in [5.41, 5.74) is 2.29. The van der Waals surface area contributed by atoms with Crippen LogP contribution in [0.3, 0.4) is 0 Å². The molecule has 1 fully saturated rings. The Labute approximate surface area is 155 Å². The molecule has 0 bridgehead atoms. The van der Waals surface area contributed by atoms with Crippen LogP contribution in [0.1, 0.15) is 37.9 Å². The van der Waals surface area contributed by atoms with Crippen LogP contribution in [0.25, 0.3) is 0 Å². The summed E-state index contributed by atoms with van der Waals surface area (Å²) < 4.78 is 7.52. The number of nitrogens with zero attached hydrogens (tertiary/aromatic N) is 2. The largest absolute Gasteiger partial charge is 0.497 e. The molecule has 1 aliphatic heterocycles. The molecule has 0 amide bonds. The molecule has 1 aliphatic rings. The highest BCUT2D eigenvalue weighted by molar-refractivity contribution is 7.80. The first-order valence-electron chi connectivity index (χ1n) is 8.91. The zero-order chi connectivity index (χ0) is 17.8. The van der Waals surface area contributed by atoms with Gasteiger partial charge in [0.1, 0.15) is 5.75 Å². The van der Waals surface area contributed by atoms with E-state index in [1.165, 1.54) is 18.5 Å². The van der Waals surface area contributed by atoms with Gasteiger partial charge in [-0.25, -0.2) is 0 Å². The fraction of sp³-hybridized carbons (Fsp3) is 0.450. The van der Waals surface area contributed by atoms with Crippen molar-refractivity contribution >= 4 is 23.0 Å². The summed E-state index contributed by atoms with van der Waals surface area (Å²) in [6.45, 7) is 3.32. The molecule has 1 aromatic heterocycles. The maximum absolute atomic E-state index is 5.79. The minimum absolute atomic E-state index is 0.315. The van der Waals surface area contributed by atoms with Gasteiger partial charge in [0.05, 0.1) is 13.2 Å². The Bertz CT molecular complexity index is 727. The summed E-state index contributed by atoms with van der Waals surface area (Å²) in [7, 11) is 3.79. The van der Waals surface area contributed by atoms with Crippen molar-refractivity contribution in [2.75, 3.05) is 19.0 Å². The van der Waals surface area contributed by atoms with Gasteiger partial charge in [0.25, 0.3) is 0 Å². The molecule has 0 unspecified atom stereocenters. The zero-order valence-electron chi connectivity index (χ0n) is 15.2. The molecule has 25 heavy (non-hydrogen) atoms. The highest BCUT2D eigenvalue weighted by atomic mass is 32.1. The minimum Gasteiger partial charge on any atom is -0.497 e. The molecule has 3 rings (SSSR count). The molecule has 2 heterocycles. The third-order valence-corrected chi connectivity index (χ3v) is 5.42. The van der Waals surface area contributed by atoms with E-state index in [4.69, 9.17) is 17.0 Å². The average molecular weight is 358 g/mol. The van der Waals surface area contributed by atoms with Crippen molar-refractivity contribution in [3.05, 3.63) is 48.3 Å². The summed E-state index contributed by atoms with van der Waals surface area (Å²) in [5.74, 6) is 1.56. The lowest BCUT2D eigenvalue weighted by molar-refractivity contribution is 0.314. The van der Waals surface area contributed by atoms with E-state index in [9.17, 15) is 0 Å². The van der Waals surface area contributed by atoms with Crippen LogP contribution in [0.2, 0.25) is 0 Å². The average Bonchev–Trinajstić information content (AvgIpc) is 2.93. The number of methoxy groups -OCH3 is 1. The lowest BCUT2D eigenvalue weighted by atomic mass is 10.0. The lowest BCUT2D eigenvalue weighted by Gasteiger charge is -2.33. The fourth-order valence-electron chi connectivity index (χ4n) is 3.53. The van der Waals surface area contributed by atoms with Crippen LogP contribution >= 0.6 is 12.2 Å². The summed E-state index contributed by atoms with van der Waals surface area (Å²) in [6.07, 6.45) is 5.63. The number of ether oxygens (including phenoxy) is 1. The van der Waals surface area contributed by atoms with E-state index in [1.54, 1.807) is 7.11 Å². The first-order valence-corrected chi connectivity index (χ1v) is 9.32. The number of benzene rings is 1. The number of hydrogen-bond acceptors (Lipinski definition) is 2. The predicted octanol–water partition coefficient (Wildman–Crippen LogP) is 4.59. The van der Waals surface area contributed by atoms with E-state index in [2.05, 4.69) is 47.1 Å². The van der Waals surface area contributed by atoms with Crippen molar-refractivity contribution in [2.45, 2.75) is 32.2 Å². The number of anilines is 1. The summed E-state index contributed by atoms with van der Waals surface area (Å²) in [5, 5.41) is 4.19. The molecule has 0 spiro atoms. The number of nitrogens with one attached hydrogen (secondary N) is 1. The first-order chi connectivity index (χ1) is 12.1. The quantitative estimate of drug-likeness (QED) is 0.814. The zero-order valence-corrected chi connectivity index (χ0v) is 16.1. The van der Waals surface area contributed by atoms with E-state index in [0.29, 0.717) is 6.04 Å². The Kier molecular flexibility index (Phi) is 5.63. The summed E-state index contributed by atoms with van der Waals surface area (Å²) in [4.78, 5) is 2.35. The Balaban J connectivity index is 1.82. The molecule has 1 N–H and O–H groups in total. The van der Waals surface area contributed by atoms with Gasteiger partial charge in [-0.1, -0.05) is 13.0 Å². The molecule has 2 aromatic rings. The maximum Gasteiger partial charge on any atom is 0.173 e. The smallest absolute Gasteiger partial charge is 0.173 e. The van der Waals surface area contributed by atoms with Crippen LogP contribution < -0.4 is 10.1 Å². The van der Waals surface area contributed by atoms with Gasteiger partial charge in [0, 0.05) is 37.2 Å². The Morgan fingerprint density at radius 3 is 2.76 bits per heavy atom. The van der Waals surface area contributed by atoms with Gasteiger partial charge in [0.2, 0.25) is 0 Å². The van der Waals surface area contributed by atoms with Crippen LogP contribution in [0, 0.1) is 5.92 Å². The monoisotopic (exact) mass is 357 g/mol. The van der Waals surface area contributed by atoms with Crippen LogP contribution in [0.4, 0.5) is 5.69 Å². The third-order valence-electron chi connectivity index (χ3n) is 5.08. The van der Waals surface area contributed by atoms with Crippen molar-refractivity contribution < 1.29 is 4.74 Å². The maximum atomic E-state index is 5.79. The van der Waals surface area contributed by atoms with Crippen LogP contribution in [-0.2, 0) is 7.05 Å². The number of thiocarbonyl (C=S) groups is 1. The highest BCUT2D eigenvalue weighted by Gasteiger charge is 2.28. The van der Waals surface area contributed by atoms with Crippen molar-refractivity contribution in [1.29, 1.82) is 0 Å². The molecular formula is C20H27N3OS. The molecule has 1 saturated heterocycles. The second kappa shape index (κ2) is 7.91. The summed E-state index contributed by atoms with van der Waals surface area (Å²) >= 11 is 5.79. The molecule has 0 aliphatic carbocycles. The standard InChI is InChI=1S/C20H27N3OS/c1-15-9-10-19(18-8-5-12-22(18)2)23(13-11-15)20(25)21-16-6-4-7-17(14-16)24-3/h4-8,12,14-15,19H,9-11,13H2,1-3H3,(H,21,25)/t15-,19+/m0/s1. The Hall–Kier alpha value is -2.01. The SMILES string of the molecule is COc1cccc(NC(=S)N2CC[C@@H](C)CC[C@@H]2c2cccn2C)c1. The van der Waals surface area contributed by atoms with Crippen LogP contribution in [0.15, 0.2) is 42.6 Å². The van der Waals surface area contributed by atoms with Gasteiger partial charge in [-0.3, -0.25) is 0 Å². The normalized spacial score (nSPS) is 20.8. The highest BCUT2D eigenvalue weighted by Crippen LogP contribution is 2.33. The molecule has 4 nitrogen and oxygen atoms in total. The number of aromatic nitrogens is 1. The van der Waals surface area contributed by atoms with E-state index in [0.717, 1.165) is 35.4 Å². The predicted molar refractivity (Wildman–Crippen MR) is 107 cm³/mol. The van der Waals surface area contributed by atoms with Crippen LogP contribution in [0.5, 0.6) is 5.75 Å². The molecule has 2 atom stereocenters. The minimum atomic E-state index is 0.315. The number of hydrogen-bond donors (Lipinski definition) is 1. The van der Waals surface area contributed by atoms with Gasteiger partial charge < -0.3 is 19.5 Å². The molecule has 0 saturated carbocycles. The summed E-state index contributed by atoms with van der Waals surface area (Å²) in [6, 6.07) is 12.5. The molecule has 0 radical (unpaired) electrons. The van der Waals surface area contributed by atoms with Crippen molar-refractivity contribution in [1.82, 2.24) is 9.47 Å². The van der Waals surface area contributed by atoms with E-state index in [1.807, 2.05) is 24.3 Å². The Morgan fingerprint density at radius 1 is 1.20 bits per heavy atom. The second-order valence-corrected chi connectivity index (χ2v) is 7.27. The van der Waals surface area contributed by atoms with Crippen molar-refractivity contribution in [3.63, 3.8) is 0 Å².